The van der Waals surface area contributed by atoms with Gasteiger partial charge in [-0.3, -0.25) is 4.79 Å². The Morgan fingerprint density at radius 1 is 1.35 bits per heavy atom. The maximum atomic E-state index is 12.3. The molecule has 1 aliphatic rings. The highest BCUT2D eigenvalue weighted by atomic mass is 16.2. The Balaban J connectivity index is 2.01. The number of nitrogens with two attached hydrogens (primary N) is 1. The van der Waals surface area contributed by atoms with Crippen LogP contribution in [0.15, 0.2) is 30.3 Å². The molecule has 2 N–H and O–H groups in total. The van der Waals surface area contributed by atoms with Gasteiger partial charge in [0.15, 0.2) is 0 Å². The maximum absolute atomic E-state index is 12.3. The van der Waals surface area contributed by atoms with Gasteiger partial charge in [-0.05, 0) is 43.5 Å². The predicted octanol–water partition coefficient (Wildman–Crippen LogP) is 3.46. The Bertz CT molecular complexity index is 476. The molecule has 3 heteroatoms. The fourth-order valence-corrected chi connectivity index (χ4v) is 2.91. The third-order valence-corrected chi connectivity index (χ3v) is 3.97. The van der Waals surface area contributed by atoms with Crippen molar-refractivity contribution in [3.8, 4) is 0 Å². The number of hydrogen-bond donors (Lipinski definition) is 1. The number of likely N-dealkylation sites (N-methyl/N-ethyl adjacent to an activating group) is 1. The van der Waals surface area contributed by atoms with Crippen molar-refractivity contribution < 1.29 is 4.79 Å². The van der Waals surface area contributed by atoms with Crippen LogP contribution < -0.4 is 5.73 Å². The number of anilines is 1. The van der Waals surface area contributed by atoms with E-state index in [1.54, 1.807) is 6.08 Å². The summed E-state index contributed by atoms with van der Waals surface area (Å²) >= 11 is 0. The monoisotopic (exact) mass is 272 g/mol. The van der Waals surface area contributed by atoms with Crippen LogP contribution in [-0.4, -0.2) is 23.4 Å². The van der Waals surface area contributed by atoms with Gasteiger partial charge in [-0.15, -0.1) is 0 Å². The molecule has 0 saturated heterocycles. The molecule has 1 fully saturated rings. The second kappa shape index (κ2) is 7.13. The van der Waals surface area contributed by atoms with Crippen LogP contribution in [0.1, 0.15) is 44.6 Å². The molecule has 20 heavy (non-hydrogen) atoms. The molecule has 1 aliphatic carbocycles. The van der Waals surface area contributed by atoms with E-state index >= 15 is 0 Å². The normalized spacial score (nSPS) is 16.4. The lowest BCUT2D eigenvalue weighted by molar-refractivity contribution is -0.128. The van der Waals surface area contributed by atoms with E-state index < -0.39 is 0 Å². The van der Waals surface area contributed by atoms with Crippen LogP contribution in [0, 0.1) is 0 Å². The molecule has 108 valence electrons. The van der Waals surface area contributed by atoms with E-state index in [-0.39, 0.29) is 5.91 Å². The largest absolute Gasteiger partial charge is 0.399 e. The molecule has 0 unspecified atom stereocenters. The molecule has 1 aromatic carbocycles. The summed E-state index contributed by atoms with van der Waals surface area (Å²) in [6, 6.07) is 8.00. The molecule has 0 radical (unpaired) electrons. The zero-order chi connectivity index (χ0) is 14.4. The lowest BCUT2D eigenvalue weighted by Gasteiger charge is -2.32. The molecule has 0 bridgehead atoms. The number of rotatable bonds is 4. The van der Waals surface area contributed by atoms with Crippen molar-refractivity contribution in [2.24, 2.45) is 0 Å². The summed E-state index contributed by atoms with van der Waals surface area (Å²) in [7, 11) is 0. The predicted molar refractivity (Wildman–Crippen MR) is 84.1 cm³/mol. The zero-order valence-electron chi connectivity index (χ0n) is 12.2. The summed E-state index contributed by atoms with van der Waals surface area (Å²) in [5.74, 6) is 0.113. The average molecular weight is 272 g/mol. The number of carbonyl (C=O) groups excluding carboxylic acids is 1. The number of nitrogen functional groups attached to an aromatic ring is 1. The SMILES string of the molecule is CCN(C(=O)/C=C/c1cccc(N)c1)C1CCCCC1. The highest BCUT2D eigenvalue weighted by molar-refractivity contribution is 5.92. The minimum Gasteiger partial charge on any atom is -0.399 e. The van der Waals surface area contributed by atoms with Crippen LogP contribution >= 0.6 is 0 Å². The Kier molecular flexibility index (Phi) is 5.22. The van der Waals surface area contributed by atoms with E-state index in [0.717, 1.165) is 30.6 Å². The third-order valence-electron chi connectivity index (χ3n) is 3.97. The van der Waals surface area contributed by atoms with Gasteiger partial charge < -0.3 is 10.6 Å². The summed E-state index contributed by atoms with van der Waals surface area (Å²) in [4.78, 5) is 14.3. The van der Waals surface area contributed by atoms with Gasteiger partial charge in [0, 0.05) is 24.4 Å². The fraction of sp³-hybridized carbons (Fsp3) is 0.471. The van der Waals surface area contributed by atoms with Gasteiger partial charge in [0.1, 0.15) is 0 Å². The van der Waals surface area contributed by atoms with E-state index in [4.69, 9.17) is 5.73 Å². The molecule has 0 spiro atoms. The summed E-state index contributed by atoms with van der Waals surface area (Å²) in [6.45, 7) is 2.84. The summed E-state index contributed by atoms with van der Waals surface area (Å²) in [5, 5.41) is 0. The van der Waals surface area contributed by atoms with Crippen LogP contribution in [0.2, 0.25) is 0 Å². The quantitative estimate of drug-likeness (QED) is 0.674. The van der Waals surface area contributed by atoms with Crippen molar-refractivity contribution in [2.75, 3.05) is 12.3 Å². The molecule has 2 rings (SSSR count). The first-order valence-electron chi connectivity index (χ1n) is 7.55. The highest BCUT2D eigenvalue weighted by Gasteiger charge is 2.22. The lowest BCUT2D eigenvalue weighted by atomic mass is 9.94. The first-order valence-corrected chi connectivity index (χ1v) is 7.55. The van der Waals surface area contributed by atoms with E-state index in [2.05, 4.69) is 6.92 Å². The summed E-state index contributed by atoms with van der Waals surface area (Å²) in [5.41, 5.74) is 7.43. The van der Waals surface area contributed by atoms with Gasteiger partial charge in [0.2, 0.25) is 5.91 Å². The Hall–Kier alpha value is -1.77. The van der Waals surface area contributed by atoms with Gasteiger partial charge >= 0.3 is 0 Å². The molecular formula is C17H24N2O. The van der Waals surface area contributed by atoms with Crippen molar-refractivity contribution >= 4 is 17.7 Å². The number of amides is 1. The molecule has 1 saturated carbocycles. The topological polar surface area (TPSA) is 46.3 Å². The molecule has 0 aliphatic heterocycles. The van der Waals surface area contributed by atoms with Crippen LogP contribution in [0.3, 0.4) is 0 Å². The van der Waals surface area contributed by atoms with Gasteiger partial charge in [-0.25, -0.2) is 0 Å². The molecule has 3 nitrogen and oxygen atoms in total. The van der Waals surface area contributed by atoms with Gasteiger partial charge in [-0.2, -0.15) is 0 Å². The van der Waals surface area contributed by atoms with E-state index in [9.17, 15) is 4.79 Å². The van der Waals surface area contributed by atoms with E-state index in [1.807, 2.05) is 35.2 Å². The second-order valence-electron chi connectivity index (χ2n) is 5.42. The Morgan fingerprint density at radius 2 is 2.10 bits per heavy atom. The number of nitrogens with zero attached hydrogens (tertiary/aromatic N) is 1. The molecule has 1 aromatic rings. The summed E-state index contributed by atoms with van der Waals surface area (Å²) < 4.78 is 0. The molecule has 0 heterocycles. The Morgan fingerprint density at radius 3 is 2.75 bits per heavy atom. The molecule has 1 amide bonds. The molecule has 0 atom stereocenters. The maximum Gasteiger partial charge on any atom is 0.246 e. The van der Waals surface area contributed by atoms with Crippen molar-refractivity contribution in [1.29, 1.82) is 0 Å². The average Bonchev–Trinajstić information content (AvgIpc) is 2.47. The van der Waals surface area contributed by atoms with Crippen LogP contribution in [-0.2, 0) is 4.79 Å². The first-order chi connectivity index (χ1) is 9.70. The summed E-state index contributed by atoms with van der Waals surface area (Å²) in [6.07, 6.45) is 9.61. The van der Waals surface area contributed by atoms with Crippen molar-refractivity contribution in [2.45, 2.75) is 45.1 Å². The number of benzene rings is 1. The van der Waals surface area contributed by atoms with Crippen LogP contribution in [0.4, 0.5) is 5.69 Å². The first kappa shape index (κ1) is 14.6. The van der Waals surface area contributed by atoms with Gasteiger partial charge in [0.05, 0.1) is 0 Å². The highest BCUT2D eigenvalue weighted by Crippen LogP contribution is 2.22. The standard InChI is InChI=1S/C17H24N2O/c1-2-19(16-9-4-3-5-10-16)17(20)12-11-14-7-6-8-15(18)13-14/h6-8,11-13,16H,2-5,9-10,18H2,1H3/b12-11+. The number of carbonyl (C=O) groups is 1. The fourth-order valence-electron chi connectivity index (χ4n) is 2.91. The zero-order valence-corrected chi connectivity index (χ0v) is 12.2. The number of hydrogen-bond acceptors (Lipinski definition) is 2. The van der Waals surface area contributed by atoms with Crippen molar-refractivity contribution in [1.82, 2.24) is 4.90 Å². The van der Waals surface area contributed by atoms with Crippen LogP contribution in [0.25, 0.3) is 6.08 Å². The lowest BCUT2D eigenvalue weighted by Crippen LogP contribution is -2.40. The Labute approximate surface area is 121 Å². The second-order valence-corrected chi connectivity index (χ2v) is 5.42. The van der Waals surface area contributed by atoms with Crippen molar-refractivity contribution in [3.63, 3.8) is 0 Å². The van der Waals surface area contributed by atoms with Crippen LogP contribution in [0.5, 0.6) is 0 Å². The van der Waals surface area contributed by atoms with E-state index in [0.29, 0.717) is 6.04 Å². The molecule has 0 aromatic heterocycles. The van der Waals surface area contributed by atoms with Gasteiger partial charge in [-0.1, -0.05) is 31.4 Å². The minimum absolute atomic E-state index is 0.113. The van der Waals surface area contributed by atoms with Gasteiger partial charge in [0.25, 0.3) is 0 Å². The van der Waals surface area contributed by atoms with Crippen molar-refractivity contribution in [3.05, 3.63) is 35.9 Å². The van der Waals surface area contributed by atoms with E-state index in [1.165, 1.54) is 19.3 Å². The third kappa shape index (κ3) is 3.86. The smallest absolute Gasteiger partial charge is 0.246 e. The minimum atomic E-state index is 0.113. The molecular weight excluding hydrogens is 248 g/mol.